The topological polar surface area (TPSA) is 20.3 Å². The first-order chi connectivity index (χ1) is 9.42. The highest BCUT2D eigenvalue weighted by Crippen LogP contribution is 2.65. The summed E-state index contributed by atoms with van der Waals surface area (Å²) in [5.74, 6) is 1.44. The summed E-state index contributed by atoms with van der Waals surface area (Å²) < 4.78 is 0. The van der Waals surface area contributed by atoms with Crippen molar-refractivity contribution in [3.8, 4) is 0 Å². The van der Waals surface area contributed by atoms with Crippen LogP contribution in [0.1, 0.15) is 72.1 Å². The average molecular weight is 275 g/mol. The molecule has 4 bridgehead atoms. The first-order valence-electron chi connectivity index (χ1n) is 8.71. The molecule has 5 unspecified atom stereocenters. The molecule has 2 saturated carbocycles. The van der Waals surface area contributed by atoms with E-state index in [-0.39, 0.29) is 0 Å². The Kier molecular flexibility index (Phi) is 2.72. The minimum Gasteiger partial charge on any atom is -0.300 e. The van der Waals surface area contributed by atoms with Crippen LogP contribution in [0, 0.1) is 16.7 Å². The maximum absolute atomic E-state index is 12.0. The molecule has 2 heterocycles. The molecule has 2 saturated heterocycles. The fourth-order valence-electron chi connectivity index (χ4n) is 6.65. The number of carbonyl (C=O) groups excluding carboxylic acids is 1. The first kappa shape index (κ1) is 13.3. The van der Waals surface area contributed by atoms with E-state index in [1.807, 2.05) is 0 Å². The van der Waals surface area contributed by atoms with Crippen molar-refractivity contribution >= 4 is 5.78 Å². The van der Waals surface area contributed by atoms with Gasteiger partial charge >= 0.3 is 0 Å². The summed E-state index contributed by atoms with van der Waals surface area (Å²) in [7, 11) is 0. The smallest absolute Gasteiger partial charge is 0.136 e. The SMILES string of the molecule is CC12CCC(C1)C(C)(C)C2N1C2CCCC1CC(=O)C2. The van der Waals surface area contributed by atoms with Gasteiger partial charge in [-0.25, -0.2) is 0 Å². The van der Waals surface area contributed by atoms with Crippen molar-refractivity contribution < 1.29 is 4.79 Å². The Hall–Kier alpha value is -0.370. The van der Waals surface area contributed by atoms with Crippen molar-refractivity contribution in [3.63, 3.8) is 0 Å². The summed E-state index contributed by atoms with van der Waals surface area (Å²) >= 11 is 0. The van der Waals surface area contributed by atoms with E-state index in [1.165, 1.54) is 38.5 Å². The van der Waals surface area contributed by atoms with Gasteiger partial charge in [-0.15, -0.1) is 0 Å². The van der Waals surface area contributed by atoms with Gasteiger partial charge in [0.15, 0.2) is 0 Å². The van der Waals surface area contributed by atoms with E-state index in [9.17, 15) is 4.79 Å². The van der Waals surface area contributed by atoms with E-state index in [0.717, 1.165) is 24.8 Å². The van der Waals surface area contributed by atoms with Gasteiger partial charge < -0.3 is 0 Å². The third kappa shape index (κ3) is 1.63. The van der Waals surface area contributed by atoms with Crippen molar-refractivity contribution in [1.29, 1.82) is 0 Å². The number of carbonyl (C=O) groups is 1. The number of fused-ring (bicyclic) bond motifs is 4. The predicted octanol–water partition coefficient (Wildman–Crippen LogP) is 3.79. The molecule has 0 aromatic carbocycles. The van der Waals surface area contributed by atoms with Gasteiger partial charge in [0.1, 0.15) is 5.78 Å². The Morgan fingerprint density at radius 1 is 1.05 bits per heavy atom. The van der Waals surface area contributed by atoms with Gasteiger partial charge in [0, 0.05) is 31.0 Å². The molecule has 2 aliphatic carbocycles. The van der Waals surface area contributed by atoms with Crippen LogP contribution in [-0.2, 0) is 4.79 Å². The minimum atomic E-state index is 0.446. The average Bonchev–Trinajstić information content (AvgIpc) is 2.81. The normalized spacial score (nSPS) is 50.6. The van der Waals surface area contributed by atoms with Gasteiger partial charge in [-0.05, 0) is 48.9 Å². The maximum Gasteiger partial charge on any atom is 0.136 e. The van der Waals surface area contributed by atoms with Crippen molar-refractivity contribution in [3.05, 3.63) is 0 Å². The van der Waals surface area contributed by atoms with Crippen LogP contribution in [0.15, 0.2) is 0 Å². The van der Waals surface area contributed by atoms with Crippen LogP contribution < -0.4 is 0 Å². The Balaban J connectivity index is 1.71. The van der Waals surface area contributed by atoms with Crippen molar-refractivity contribution in [1.82, 2.24) is 4.90 Å². The maximum atomic E-state index is 12.0. The number of nitrogens with zero attached hydrogens (tertiary/aromatic N) is 1. The Morgan fingerprint density at radius 2 is 1.70 bits per heavy atom. The highest BCUT2D eigenvalue weighted by Gasteiger charge is 2.63. The summed E-state index contributed by atoms with van der Waals surface area (Å²) in [5.41, 5.74) is 0.962. The van der Waals surface area contributed by atoms with E-state index >= 15 is 0 Å². The second-order valence-corrected chi connectivity index (χ2v) is 8.95. The number of hydrogen-bond donors (Lipinski definition) is 0. The van der Waals surface area contributed by atoms with Gasteiger partial charge in [-0.2, -0.15) is 0 Å². The molecule has 20 heavy (non-hydrogen) atoms. The molecule has 112 valence electrons. The molecule has 5 atom stereocenters. The largest absolute Gasteiger partial charge is 0.300 e. The third-order valence-electron chi connectivity index (χ3n) is 7.34. The van der Waals surface area contributed by atoms with Crippen LogP contribution in [0.4, 0.5) is 0 Å². The lowest BCUT2D eigenvalue weighted by atomic mass is 9.65. The van der Waals surface area contributed by atoms with E-state index in [1.54, 1.807) is 0 Å². The Bertz CT molecular complexity index is 422. The van der Waals surface area contributed by atoms with Crippen LogP contribution in [0.2, 0.25) is 0 Å². The molecule has 4 fully saturated rings. The highest BCUT2D eigenvalue weighted by atomic mass is 16.1. The molecule has 2 heteroatoms. The van der Waals surface area contributed by atoms with Gasteiger partial charge in [0.25, 0.3) is 0 Å². The number of Topliss-reactive ketones (excluding diaryl/α,β-unsaturated/α-hetero) is 1. The van der Waals surface area contributed by atoms with Gasteiger partial charge in [-0.3, -0.25) is 9.69 Å². The van der Waals surface area contributed by atoms with Crippen LogP contribution in [0.5, 0.6) is 0 Å². The fraction of sp³-hybridized carbons (Fsp3) is 0.944. The molecule has 0 aromatic heterocycles. The lowest BCUT2D eigenvalue weighted by Gasteiger charge is -2.57. The standard InChI is InChI=1S/C18H29NO/c1-17(2)12-7-8-18(3,11-12)16(17)19-13-5-4-6-14(19)10-15(20)9-13/h12-14,16H,4-11H2,1-3H3. The summed E-state index contributed by atoms with van der Waals surface area (Å²) in [6.07, 6.45) is 9.80. The zero-order valence-electron chi connectivity index (χ0n) is 13.3. The van der Waals surface area contributed by atoms with Crippen LogP contribution in [0.3, 0.4) is 0 Å². The quantitative estimate of drug-likeness (QED) is 0.725. The molecule has 0 amide bonds. The van der Waals surface area contributed by atoms with E-state index in [0.29, 0.717) is 28.7 Å². The van der Waals surface area contributed by atoms with Crippen LogP contribution >= 0.6 is 0 Å². The number of piperidine rings is 2. The number of ketones is 1. The Labute approximate surface area is 123 Å². The lowest BCUT2D eigenvalue weighted by molar-refractivity contribution is -0.136. The molecule has 4 rings (SSSR count). The number of hydrogen-bond acceptors (Lipinski definition) is 2. The fourth-order valence-corrected chi connectivity index (χ4v) is 6.65. The molecule has 0 aromatic rings. The second-order valence-electron chi connectivity index (χ2n) is 8.95. The minimum absolute atomic E-state index is 0.446. The summed E-state index contributed by atoms with van der Waals surface area (Å²) in [4.78, 5) is 14.9. The monoisotopic (exact) mass is 275 g/mol. The lowest BCUT2D eigenvalue weighted by Crippen LogP contribution is -2.63. The highest BCUT2D eigenvalue weighted by molar-refractivity contribution is 5.80. The molecular weight excluding hydrogens is 246 g/mol. The molecule has 0 spiro atoms. The van der Waals surface area contributed by atoms with Crippen molar-refractivity contribution in [2.24, 2.45) is 16.7 Å². The van der Waals surface area contributed by atoms with E-state index < -0.39 is 0 Å². The summed E-state index contributed by atoms with van der Waals surface area (Å²) in [6.45, 7) is 7.57. The van der Waals surface area contributed by atoms with E-state index in [2.05, 4.69) is 25.7 Å². The summed E-state index contributed by atoms with van der Waals surface area (Å²) in [5, 5.41) is 0. The van der Waals surface area contributed by atoms with Crippen LogP contribution in [-0.4, -0.2) is 28.8 Å². The first-order valence-corrected chi connectivity index (χ1v) is 8.71. The zero-order chi connectivity index (χ0) is 14.1. The molecule has 0 N–H and O–H groups in total. The molecule has 0 radical (unpaired) electrons. The van der Waals surface area contributed by atoms with Gasteiger partial charge in [-0.1, -0.05) is 27.2 Å². The predicted molar refractivity (Wildman–Crippen MR) is 80.5 cm³/mol. The van der Waals surface area contributed by atoms with Crippen LogP contribution in [0.25, 0.3) is 0 Å². The molecular formula is C18H29NO. The van der Waals surface area contributed by atoms with E-state index in [4.69, 9.17) is 0 Å². The van der Waals surface area contributed by atoms with Crippen molar-refractivity contribution in [2.75, 3.05) is 0 Å². The van der Waals surface area contributed by atoms with Gasteiger partial charge in [0.05, 0.1) is 0 Å². The van der Waals surface area contributed by atoms with Crippen molar-refractivity contribution in [2.45, 2.75) is 90.3 Å². The number of rotatable bonds is 1. The Morgan fingerprint density at radius 3 is 2.25 bits per heavy atom. The molecule has 2 aliphatic heterocycles. The summed E-state index contributed by atoms with van der Waals surface area (Å²) in [6, 6.07) is 1.85. The second kappa shape index (κ2) is 4.09. The third-order valence-corrected chi connectivity index (χ3v) is 7.34. The van der Waals surface area contributed by atoms with Gasteiger partial charge in [0.2, 0.25) is 0 Å². The molecule has 2 nitrogen and oxygen atoms in total. The zero-order valence-corrected chi connectivity index (χ0v) is 13.3. The molecule has 4 aliphatic rings.